The number of nitriles is 3. The maximum Gasteiger partial charge on any atom is 0.238 e. The first-order valence-corrected chi connectivity index (χ1v) is 6.68. The minimum atomic E-state index is -0.297. The molecule has 0 saturated heterocycles. The van der Waals surface area contributed by atoms with Gasteiger partial charge in [-0.1, -0.05) is 6.07 Å². The van der Waals surface area contributed by atoms with Gasteiger partial charge in [0.05, 0.1) is 6.54 Å². The Morgan fingerprint density at radius 3 is 2.13 bits per heavy atom. The van der Waals surface area contributed by atoms with Crippen LogP contribution in [0.15, 0.2) is 29.5 Å². The molecule has 0 heterocycles. The van der Waals surface area contributed by atoms with E-state index in [9.17, 15) is 4.79 Å². The predicted octanol–water partition coefficient (Wildman–Crippen LogP) is 1.73. The number of rotatable bonds is 5. The molecule has 1 rings (SSSR count). The van der Waals surface area contributed by atoms with Crippen molar-refractivity contribution < 1.29 is 4.79 Å². The van der Waals surface area contributed by atoms with E-state index in [0.717, 1.165) is 0 Å². The molecule has 0 aliphatic heterocycles. The summed E-state index contributed by atoms with van der Waals surface area (Å²) in [4.78, 5) is 13.6. The fraction of sp³-hybridized carbons (Fsp3) is 0.250. The zero-order chi connectivity index (χ0) is 17.4. The maximum atomic E-state index is 11.8. The van der Waals surface area contributed by atoms with Crippen LogP contribution in [0, 0.1) is 40.9 Å². The van der Waals surface area contributed by atoms with Crippen LogP contribution in [0.2, 0.25) is 0 Å². The Morgan fingerprint density at radius 1 is 1.09 bits per heavy atom. The third kappa shape index (κ3) is 4.86. The van der Waals surface area contributed by atoms with Gasteiger partial charge in [0.25, 0.3) is 0 Å². The molecule has 0 fully saturated rings. The Kier molecular flexibility index (Phi) is 6.30. The van der Waals surface area contributed by atoms with Crippen molar-refractivity contribution >= 4 is 17.3 Å². The molecule has 1 aromatic carbocycles. The molecule has 0 bridgehead atoms. The average molecular weight is 308 g/mol. The minimum absolute atomic E-state index is 0.130. The number of nitrogens with one attached hydrogen (secondary N) is 2. The summed E-state index contributed by atoms with van der Waals surface area (Å²) in [6.45, 7) is 2.01. The van der Waals surface area contributed by atoms with E-state index in [0.29, 0.717) is 16.9 Å². The van der Waals surface area contributed by atoms with Crippen molar-refractivity contribution in [3.8, 4) is 18.2 Å². The van der Waals surface area contributed by atoms with Gasteiger partial charge in [-0.2, -0.15) is 15.8 Å². The van der Waals surface area contributed by atoms with Gasteiger partial charge < -0.3 is 15.5 Å². The molecule has 2 N–H and O–H groups in total. The normalized spacial score (nSPS) is 9.26. The number of benzene rings is 1. The summed E-state index contributed by atoms with van der Waals surface area (Å²) in [6.07, 6.45) is 0. The van der Waals surface area contributed by atoms with Crippen LogP contribution >= 0.6 is 0 Å². The Morgan fingerprint density at radius 2 is 1.65 bits per heavy atom. The fourth-order valence-corrected chi connectivity index (χ4v) is 1.80. The van der Waals surface area contributed by atoms with Gasteiger partial charge in [0.2, 0.25) is 5.91 Å². The third-order valence-corrected chi connectivity index (χ3v) is 2.91. The highest BCUT2D eigenvalue weighted by atomic mass is 16.2. The molecule has 23 heavy (non-hydrogen) atoms. The lowest BCUT2D eigenvalue weighted by molar-refractivity contribution is -0.116. The van der Waals surface area contributed by atoms with Crippen molar-refractivity contribution in [1.82, 2.24) is 4.90 Å². The lowest BCUT2D eigenvalue weighted by Gasteiger charge is -2.15. The molecule has 1 aromatic rings. The van der Waals surface area contributed by atoms with E-state index >= 15 is 0 Å². The SMILES string of the molecule is Cc1c(NC(=O)CN(C)C)cccc1NC(C#N)=C(C#N)C#N. The standard InChI is InChI=1S/C16H16N6O/c1-11-13(20-15(9-19)12(7-17)8-18)5-4-6-14(11)21-16(23)10-22(2)3/h4-6,20H,10H2,1-3H3,(H,21,23). The number of amides is 1. The third-order valence-electron chi connectivity index (χ3n) is 2.91. The van der Waals surface area contributed by atoms with E-state index in [1.165, 1.54) is 0 Å². The zero-order valence-corrected chi connectivity index (χ0v) is 13.1. The number of allylic oxidation sites excluding steroid dienone is 2. The van der Waals surface area contributed by atoms with Gasteiger partial charge in [0, 0.05) is 11.4 Å². The summed E-state index contributed by atoms with van der Waals surface area (Å²) in [6, 6.07) is 10.3. The van der Waals surface area contributed by atoms with Gasteiger partial charge in [-0.05, 0) is 38.7 Å². The van der Waals surface area contributed by atoms with Crippen LogP contribution < -0.4 is 10.6 Å². The van der Waals surface area contributed by atoms with Gasteiger partial charge in [0.1, 0.15) is 23.9 Å². The van der Waals surface area contributed by atoms with Crippen molar-refractivity contribution in [2.24, 2.45) is 0 Å². The fourth-order valence-electron chi connectivity index (χ4n) is 1.80. The molecule has 116 valence electrons. The van der Waals surface area contributed by atoms with Crippen LogP contribution in [0.5, 0.6) is 0 Å². The number of hydrogen-bond acceptors (Lipinski definition) is 6. The Hall–Kier alpha value is -3.34. The molecule has 0 atom stereocenters. The smallest absolute Gasteiger partial charge is 0.238 e. The molecule has 0 saturated carbocycles. The number of carbonyl (C=O) groups excluding carboxylic acids is 1. The molecule has 0 radical (unpaired) electrons. The van der Waals surface area contributed by atoms with Gasteiger partial charge in [-0.15, -0.1) is 0 Å². The number of nitrogens with zero attached hydrogens (tertiary/aromatic N) is 4. The highest BCUT2D eigenvalue weighted by molar-refractivity contribution is 5.93. The van der Waals surface area contributed by atoms with Crippen LogP contribution in [-0.4, -0.2) is 31.4 Å². The van der Waals surface area contributed by atoms with Crippen LogP contribution in [0.4, 0.5) is 11.4 Å². The van der Waals surface area contributed by atoms with Crippen LogP contribution in [0.25, 0.3) is 0 Å². The molecule has 7 nitrogen and oxygen atoms in total. The second kappa shape index (κ2) is 8.19. The zero-order valence-electron chi connectivity index (χ0n) is 13.1. The summed E-state index contributed by atoms with van der Waals surface area (Å²) in [5, 5.41) is 32.3. The van der Waals surface area contributed by atoms with Crippen molar-refractivity contribution in [2.75, 3.05) is 31.3 Å². The van der Waals surface area contributed by atoms with Crippen molar-refractivity contribution in [3.63, 3.8) is 0 Å². The number of hydrogen-bond donors (Lipinski definition) is 2. The first kappa shape index (κ1) is 17.7. The van der Waals surface area contributed by atoms with Gasteiger partial charge >= 0.3 is 0 Å². The first-order chi connectivity index (χ1) is 10.9. The monoisotopic (exact) mass is 308 g/mol. The average Bonchev–Trinajstić information content (AvgIpc) is 2.50. The van der Waals surface area contributed by atoms with Crippen LogP contribution in [-0.2, 0) is 4.79 Å². The molecule has 0 aliphatic rings. The van der Waals surface area contributed by atoms with E-state index in [2.05, 4.69) is 10.6 Å². The molecule has 0 aromatic heterocycles. The summed E-state index contributed by atoms with van der Waals surface area (Å²) in [7, 11) is 3.58. The summed E-state index contributed by atoms with van der Waals surface area (Å²) < 4.78 is 0. The topological polar surface area (TPSA) is 116 Å². The highest BCUT2D eigenvalue weighted by Gasteiger charge is 2.11. The van der Waals surface area contributed by atoms with Crippen molar-refractivity contribution in [2.45, 2.75) is 6.92 Å². The predicted molar refractivity (Wildman–Crippen MR) is 85.9 cm³/mol. The number of carbonyl (C=O) groups is 1. The van der Waals surface area contributed by atoms with Crippen molar-refractivity contribution in [1.29, 1.82) is 15.8 Å². The number of likely N-dealkylation sites (N-methyl/N-ethyl adjacent to an activating group) is 1. The molecular formula is C16H16N6O. The molecule has 7 heteroatoms. The molecular weight excluding hydrogens is 292 g/mol. The quantitative estimate of drug-likeness (QED) is 0.800. The van der Waals surface area contributed by atoms with E-state index in [1.54, 1.807) is 62.3 Å². The van der Waals surface area contributed by atoms with E-state index in [4.69, 9.17) is 15.8 Å². The highest BCUT2D eigenvalue weighted by Crippen LogP contribution is 2.25. The number of anilines is 2. The Labute approximate surface area is 135 Å². The minimum Gasteiger partial charge on any atom is -0.345 e. The van der Waals surface area contributed by atoms with E-state index in [1.807, 2.05) is 0 Å². The van der Waals surface area contributed by atoms with Gasteiger partial charge in [0.15, 0.2) is 5.57 Å². The van der Waals surface area contributed by atoms with E-state index in [-0.39, 0.29) is 23.7 Å². The second-order valence-electron chi connectivity index (χ2n) is 4.97. The summed E-state index contributed by atoms with van der Waals surface area (Å²) in [5.74, 6) is -0.166. The lowest BCUT2D eigenvalue weighted by atomic mass is 10.1. The molecule has 0 aliphatic carbocycles. The summed E-state index contributed by atoms with van der Waals surface area (Å²) in [5.41, 5.74) is 1.40. The second-order valence-corrected chi connectivity index (χ2v) is 4.97. The van der Waals surface area contributed by atoms with Gasteiger partial charge in [-0.3, -0.25) is 4.79 Å². The van der Waals surface area contributed by atoms with Crippen LogP contribution in [0.3, 0.4) is 0 Å². The molecule has 0 spiro atoms. The Bertz CT molecular complexity index is 742. The maximum absolute atomic E-state index is 11.8. The Balaban J connectivity index is 3.09. The van der Waals surface area contributed by atoms with Gasteiger partial charge in [-0.25, -0.2) is 0 Å². The van der Waals surface area contributed by atoms with Crippen LogP contribution in [0.1, 0.15) is 5.56 Å². The molecule has 0 unspecified atom stereocenters. The summed E-state index contributed by atoms with van der Waals surface area (Å²) >= 11 is 0. The largest absolute Gasteiger partial charge is 0.345 e. The van der Waals surface area contributed by atoms with E-state index < -0.39 is 0 Å². The van der Waals surface area contributed by atoms with Crippen molar-refractivity contribution in [3.05, 3.63) is 35.0 Å². The molecule has 1 amide bonds. The lowest BCUT2D eigenvalue weighted by Crippen LogP contribution is -2.27. The first-order valence-electron chi connectivity index (χ1n) is 6.68.